The highest BCUT2D eigenvalue weighted by Gasteiger charge is 2.39. The number of rotatable bonds is 6. The molecular formula is C17H25ClN2O3S2. The van der Waals surface area contributed by atoms with E-state index >= 15 is 0 Å². The molecule has 8 heteroatoms. The quantitative estimate of drug-likeness (QED) is 0.731. The molecule has 1 aromatic rings. The summed E-state index contributed by atoms with van der Waals surface area (Å²) < 4.78 is 24.5. The molecule has 0 bridgehead atoms. The van der Waals surface area contributed by atoms with Gasteiger partial charge in [0.15, 0.2) is 9.84 Å². The molecule has 2 fully saturated rings. The lowest BCUT2D eigenvalue weighted by Gasteiger charge is -2.35. The van der Waals surface area contributed by atoms with Crippen LogP contribution in [0.4, 0.5) is 0 Å². The normalized spacial score (nSPS) is 23.4. The minimum Gasteiger partial charge on any atom is -0.335 e. The van der Waals surface area contributed by atoms with E-state index in [1.165, 1.54) is 11.3 Å². The van der Waals surface area contributed by atoms with Gasteiger partial charge < -0.3 is 4.90 Å². The molecule has 3 rings (SSSR count). The number of thiophene rings is 1. The summed E-state index contributed by atoms with van der Waals surface area (Å²) in [6.07, 6.45) is 4.81. The Morgan fingerprint density at radius 1 is 1.24 bits per heavy atom. The summed E-state index contributed by atoms with van der Waals surface area (Å²) in [5, 5.41) is 0. The standard InChI is InChI=1S/C17H25ClN2O3S2/c1-19(10-15-6-7-16(18)24-15)11-17(21)20(13-4-2-3-5-13)14-8-9-25(22,23)12-14/h6-7,13-14H,2-5,8-12H2,1H3. The lowest BCUT2D eigenvalue weighted by atomic mass is 10.1. The van der Waals surface area contributed by atoms with Crippen LogP contribution in [-0.4, -0.2) is 61.3 Å². The van der Waals surface area contributed by atoms with Gasteiger partial charge in [0.2, 0.25) is 5.91 Å². The van der Waals surface area contributed by atoms with E-state index in [4.69, 9.17) is 11.6 Å². The van der Waals surface area contributed by atoms with E-state index in [1.54, 1.807) is 0 Å². The summed E-state index contributed by atoms with van der Waals surface area (Å²) in [6.45, 7) is 0.979. The molecule has 1 atom stereocenters. The van der Waals surface area contributed by atoms with Crippen molar-refractivity contribution in [1.82, 2.24) is 9.80 Å². The molecule has 5 nitrogen and oxygen atoms in total. The molecule has 0 spiro atoms. The maximum atomic E-state index is 13.0. The van der Waals surface area contributed by atoms with Gasteiger partial charge in [-0.05, 0) is 38.4 Å². The first-order valence-electron chi connectivity index (χ1n) is 8.78. The smallest absolute Gasteiger partial charge is 0.237 e. The van der Waals surface area contributed by atoms with E-state index in [0.29, 0.717) is 19.5 Å². The Morgan fingerprint density at radius 2 is 1.96 bits per heavy atom. The molecule has 1 unspecified atom stereocenters. The second kappa shape index (κ2) is 7.94. The molecule has 25 heavy (non-hydrogen) atoms. The van der Waals surface area contributed by atoms with Crippen LogP contribution in [0.25, 0.3) is 0 Å². The topological polar surface area (TPSA) is 57.7 Å². The van der Waals surface area contributed by atoms with Gasteiger partial charge in [-0.3, -0.25) is 9.69 Å². The van der Waals surface area contributed by atoms with Gasteiger partial charge in [-0.1, -0.05) is 24.4 Å². The number of sulfone groups is 1. The first-order valence-corrected chi connectivity index (χ1v) is 11.8. The fourth-order valence-electron chi connectivity index (χ4n) is 3.95. The van der Waals surface area contributed by atoms with Crippen molar-refractivity contribution in [3.63, 3.8) is 0 Å². The molecule has 1 saturated carbocycles. The zero-order chi connectivity index (χ0) is 18.0. The van der Waals surface area contributed by atoms with Gasteiger partial charge in [0.25, 0.3) is 0 Å². The summed E-state index contributed by atoms with van der Waals surface area (Å²) in [4.78, 5) is 18.0. The van der Waals surface area contributed by atoms with Crippen molar-refractivity contribution in [2.24, 2.45) is 0 Å². The summed E-state index contributed by atoms with van der Waals surface area (Å²) in [6, 6.07) is 3.90. The van der Waals surface area contributed by atoms with Crippen molar-refractivity contribution in [2.75, 3.05) is 25.1 Å². The lowest BCUT2D eigenvalue weighted by molar-refractivity contribution is -0.136. The summed E-state index contributed by atoms with van der Waals surface area (Å²) in [5.41, 5.74) is 0. The number of carbonyl (C=O) groups excluding carboxylic acids is 1. The number of carbonyl (C=O) groups is 1. The predicted molar refractivity (Wildman–Crippen MR) is 102 cm³/mol. The second-order valence-corrected chi connectivity index (χ2v) is 11.2. The van der Waals surface area contributed by atoms with Gasteiger partial charge in [-0.2, -0.15) is 0 Å². The monoisotopic (exact) mass is 404 g/mol. The van der Waals surface area contributed by atoms with Crippen LogP contribution >= 0.6 is 22.9 Å². The van der Waals surface area contributed by atoms with E-state index in [9.17, 15) is 13.2 Å². The highest BCUT2D eigenvalue weighted by atomic mass is 35.5. The minimum absolute atomic E-state index is 0.0548. The second-order valence-electron chi connectivity index (χ2n) is 7.17. The van der Waals surface area contributed by atoms with Crippen LogP contribution < -0.4 is 0 Å². The summed E-state index contributed by atoms with van der Waals surface area (Å²) in [5.74, 6) is 0.385. The van der Waals surface area contributed by atoms with Crippen molar-refractivity contribution < 1.29 is 13.2 Å². The SMILES string of the molecule is CN(CC(=O)N(C1CCCC1)C1CCS(=O)(=O)C1)Cc1ccc(Cl)s1. The molecule has 1 aliphatic carbocycles. The summed E-state index contributed by atoms with van der Waals surface area (Å²) in [7, 11) is -1.08. The van der Waals surface area contributed by atoms with Crippen molar-refractivity contribution in [2.45, 2.75) is 50.7 Å². The third-order valence-corrected chi connectivity index (χ3v) is 8.03. The van der Waals surface area contributed by atoms with Crippen molar-refractivity contribution in [3.8, 4) is 0 Å². The van der Waals surface area contributed by atoms with Gasteiger partial charge in [-0.25, -0.2) is 8.42 Å². The Morgan fingerprint density at radius 3 is 2.52 bits per heavy atom. The van der Waals surface area contributed by atoms with Crippen LogP contribution in [0.2, 0.25) is 4.34 Å². The maximum Gasteiger partial charge on any atom is 0.237 e. The van der Waals surface area contributed by atoms with Crippen LogP contribution in [0, 0.1) is 0 Å². The van der Waals surface area contributed by atoms with Crippen LogP contribution in [0.15, 0.2) is 12.1 Å². The number of halogens is 1. The highest BCUT2D eigenvalue weighted by molar-refractivity contribution is 7.91. The molecule has 140 valence electrons. The summed E-state index contributed by atoms with van der Waals surface area (Å²) >= 11 is 7.49. The third kappa shape index (κ3) is 4.96. The molecule has 0 N–H and O–H groups in total. The Bertz CT molecular complexity index is 713. The number of likely N-dealkylation sites (N-methyl/N-ethyl adjacent to an activating group) is 1. The van der Waals surface area contributed by atoms with Gasteiger partial charge in [0.1, 0.15) is 0 Å². The Kier molecular flexibility index (Phi) is 6.08. The van der Waals surface area contributed by atoms with E-state index in [1.807, 2.05) is 29.0 Å². The van der Waals surface area contributed by atoms with E-state index in [2.05, 4.69) is 0 Å². The Hall–Kier alpha value is -0.630. The average Bonchev–Trinajstić information content (AvgIpc) is 3.23. The van der Waals surface area contributed by atoms with E-state index in [0.717, 1.165) is 34.9 Å². The molecule has 1 aliphatic heterocycles. The molecule has 1 saturated heterocycles. The molecule has 1 amide bonds. The Labute approximate surface area is 158 Å². The first kappa shape index (κ1) is 19.1. The van der Waals surface area contributed by atoms with E-state index < -0.39 is 9.84 Å². The lowest BCUT2D eigenvalue weighted by Crippen LogP contribution is -2.50. The minimum atomic E-state index is -3.00. The largest absolute Gasteiger partial charge is 0.335 e. The Balaban J connectivity index is 1.66. The number of nitrogens with zero attached hydrogens (tertiary/aromatic N) is 2. The fourth-order valence-corrected chi connectivity index (χ4v) is 6.83. The van der Waals surface area contributed by atoms with Crippen LogP contribution in [0.3, 0.4) is 0 Å². The number of hydrogen-bond donors (Lipinski definition) is 0. The van der Waals surface area contributed by atoms with Crippen molar-refractivity contribution >= 4 is 38.7 Å². The zero-order valence-corrected chi connectivity index (χ0v) is 16.9. The maximum absolute atomic E-state index is 13.0. The number of hydrogen-bond acceptors (Lipinski definition) is 5. The molecule has 2 heterocycles. The zero-order valence-electron chi connectivity index (χ0n) is 14.5. The predicted octanol–water partition coefficient (Wildman–Crippen LogP) is 2.79. The molecule has 0 aromatic carbocycles. The average molecular weight is 405 g/mol. The van der Waals surface area contributed by atoms with Gasteiger partial charge in [0, 0.05) is 23.5 Å². The van der Waals surface area contributed by atoms with E-state index in [-0.39, 0.29) is 29.5 Å². The fraction of sp³-hybridized carbons (Fsp3) is 0.706. The van der Waals surface area contributed by atoms with Crippen LogP contribution in [-0.2, 0) is 21.2 Å². The highest BCUT2D eigenvalue weighted by Crippen LogP contribution is 2.29. The van der Waals surface area contributed by atoms with Crippen molar-refractivity contribution in [1.29, 1.82) is 0 Å². The van der Waals surface area contributed by atoms with Crippen LogP contribution in [0.5, 0.6) is 0 Å². The molecule has 2 aliphatic rings. The van der Waals surface area contributed by atoms with Gasteiger partial charge in [-0.15, -0.1) is 11.3 Å². The number of amides is 1. The molecular weight excluding hydrogens is 380 g/mol. The van der Waals surface area contributed by atoms with Crippen LogP contribution in [0.1, 0.15) is 37.0 Å². The van der Waals surface area contributed by atoms with Gasteiger partial charge in [0.05, 0.1) is 22.4 Å². The molecule has 1 aromatic heterocycles. The van der Waals surface area contributed by atoms with Gasteiger partial charge >= 0.3 is 0 Å². The third-order valence-electron chi connectivity index (χ3n) is 5.07. The van der Waals surface area contributed by atoms with Crippen molar-refractivity contribution in [3.05, 3.63) is 21.3 Å². The molecule has 0 radical (unpaired) electrons. The first-order chi connectivity index (χ1) is 11.8.